The monoisotopic (exact) mass is 306 g/mol. The third kappa shape index (κ3) is 4.25. The van der Waals surface area contributed by atoms with Crippen LogP contribution >= 0.6 is 0 Å². The molecule has 0 saturated carbocycles. The van der Waals surface area contributed by atoms with Crippen molar-refractivity contribution in [3.63, 3.8) is 0 Å². The number of nitrogen functional groups attached to an aromatic ring is 1. The molecule has 1 aromatic carbocycles. The van der Waals surface area contributed by atoms with Gasteiger partial charge in [0.2, 0.25) is 10.0 Å². The van der Waals surface area contributed by atoms with Gasteiger partial charge in [-0.2, -0.15) is 0 Å². The normalized spacial score (nSPS) is 11.3. The maximum Gasteiger partial charge on any atom is 0.242 e. The zero-order valence-electron chi connectivity index (χ0n) is 11.7. The lowest BCUT2D eigenvalue weighted by Gasteiger charge is -2.07. The fourth-order valence-electron chi connectivity index (χ4n) is 1.91. The minimum absolute atomic E-state index is 0.116. The number of hydrazine groups is 1. The molecule has 0 bridgehead atoms. The number of hydrogen-bond acceptors (Lipinski definition) is 5. The van der Waals surface area contributed by atoms with E-state index < -0.39 is 10.0 Å². The van der Waals surface area contributed by atoms with E-state index in [1.807, 2.05) is 31.2 Å². The molecule has 21 heavy (non-hydrogen) atoms. The van der Waals surface area contributed by atoms with Gasteiger partial charge in [0, 0.05) is 12.7 Å². The second kappa shape index (κ2) is 6.66. The standard InChI is InChI=1S/C14H18N4O2S/c1-11-3-2-4-12(9-11)7-8-17-21(19,20)13-5-6-14(18-15)16-10-13/h2-6,9-10,17H,7-8,15H2,1H3,(H,16,18). The van der Waals surface area contributed by atoms with E-state index in [4.69, 9.17) is 5.84 Å². The highest BCUT2D eigenvalue weighted by Gasteiger charge is 2.13. The maximum absolute atomic E-state index is 12.1. The van der Waals surface area contributed by atoms with Crippen molar-refractivity contribution >= 4 is 15.8 Å². The second-order valence-corrected chi connectivity index (χ2v) is 6.43. The summed E-state index contributed by atoms with van der Waals surface area (Å²) in [4.78, 5) is 4.00. The van der Waals surface area contributed by atoms with Crippen molar-refractivity contribution in [3.05, 3.63) is 53.7 Å². The second-order valence-electron chi connectivity index (χ2n) is 4.66. The SMILES string of the molecule is Cc1cccc(CCNS(=O)(=O)c2ccc(NN)nc2)c1. The molecular formula is C14H18N4O2S. The highest BCUT2D eigenvalue weighted by atomic mass is 32.2. The van der Waals surface area contributed by atoms with Crippen molar-refractivity contribution in [2.75, 3.05) is 12.0 Å². The minimum Gasteiger partial charge on any atom is -0.308 e. The van der Waals surface area contributed by atoms with Crippen LogP contribution in [0, 0.1) is 6.92 Å². The van der Waals surface area contributed by atoms with Crippen LogP contribution < -0.4 is 16.0 Å². The fraction of sp³-hybridized carbons (Fsp3) is 0.214. The molecule has 112 valence electrons. The third-order valence-electron chi connectivity index (χ3n) is 2.98. The first-order valence-electron chi connectivity index (χ1n) is 6.49. The Hall–Kier alpha value is -1.96. The van der Waals surface area contributed by atoms with Crippen LogP contribution in [-0.4, -0.2) is 19.9 Å². The average Bonchev–Trinajstić information content (AvgIpc) is 2.47. The summed E-state index contributed by atoms with van der Waals surface area (Å²) in [7, 11) is -3.55. The molecule has 0 aliphatic heterocycles. The molecule has 0 aliphatic rings. The summed E-state index contributed by atoms with van der Waals surface area (Å²) < 4.78 is 26.7. The number of pyridine rings is 1. The molecule has 1 heterocycles. The summed E-state index contributed by atoms with van der Waals surface area (Å²) in [5, 5.41) is 0. The number of benzene rings is 1. The Labute approximate surface area is 124 Å². The highest BCUT2D eigenvalue weighted by molar-refractivity contribution is 7.89. The summed E-state index contributed by atoms with van der Waals surface area (Å²) in [6.07, 6.45) is 1.90. The third-order valence-corrected chi connectivity index (χ3v) is 4.43. The van der Waals surface area contributed by atoms with Gasteiger partial charge in [-0.3, -0.25) is 0 Å². The van der Waals surface area contributed by atoms with E-state index in [1.165, 1.54) is 18.3 Å². The average molecular weight is 306 g/mol. The van der Waals surface area contributed by atoms with Crippen molar-refractivity contribution in [2.24, 2.45) is 5.84 Å². The van der Waals surface area contributed by atoms with E-state index in [0.717, 1.165) is 11.1 Å². The molecule has 0 fully saturated rings. The number of nitrogens with zero attached hydrogens (tertiary/aromatic N) is 1. The lowest BCUT2D eigenvalue weighted by Crippen LogP contribution is -2.26. The molecule has 0 unspecified atom stereocenters. The largest absolute Gasteiger partial charge is 0.308 e. The van der Waals surface area contributed by atoms with Gasteiger partial charge in [0.25, 0.3) is 0 Å². The van der Waals surface area contributed by atoms with Crippen LogP contribution in [0.4, 0.5) is 5.82 Å². The van der Waals surface area contributed by atoms with E-state index in [2.05, 4.69) is 15.1 Å². The number of nitrogens with one attached hydrogen (secondary N) is 2. The van der Waals surface area contributed by atoms with Crippen molar-refractivity contribution in [1.29, 1.82) is 0 Å². The Balaban J connectivity index is 1.97. The Bertz CT molecular complexity index is 699. The molecule has 0 atom stereocenters. The van der Waals surface area contributed by atoms with Gasteiger partial charge in [-0.15, -0.1) is 0 Å². The molecule has 0 spiro atoms. The molecule has 6 nitrogen and oxygen atoms in total. The predicted molar refractivity (Wildman–Crippen MR) is 82.1 cm³/mol. The smallest absolute Gasteiger partial charge is 0.242 e. The Morgan fingerprint density at radius 1 is 1.24 bits per heavy atom. The highest BCUT2D eigenvalue weighted by Crippen LogP contribution is 2.10. The molecule has 2 aromatic rings. The van der Waals surface area contributed by atoms with Crippen molar-refractivity contribution < 1.29 is 8.42 Å². The number of anilines is 1. The summed E-state index contributed by atoms with van der Waals surface area (Å²) >= 11 is 0. The molecule has 2 rings (SSSR count). The van der Waals surface area contributed by atoms with Crippen molar-refractivity contribution in [2.45, 2.75) is 18.2 Å². The minimum atomic E-state index is -3.55. The van der Waals surface area contributed by atoms with Crippen LogP contribution in [0.3, 0.4) is 0 Å². The molecular weight excluding hydrogens is 288 g/mol. The molecule has 7 heteroatoms. The van der Waals surface area contributed by atoms with Crippen LogP contribution in [-0.2, 0) is 16.4 Å². The molecule has 0 radical (unpaired) electrons. The Kier molecular flexibility index (Phi) is 4.89. The van der Waals surface area contributed by atoms with Crippen LogP contribution in [0.25, 0.3) is 0 Å². The molecule has 1 aromatic heterocycles. The number of hydrogen-bond donors (Lipinski definition) is 3. The summed E-state index contributed by atoms with van der Waals surface area (Å²) in [6, 6.07) is 10.9. The fourth-order valence-corrected chi connectivity index (χ4v) is 2.88. The lowest BCUT2D eigenvalue weighted by molar-refractivity contribution is 0.581. The van der Waals surface area contributed by atoms with E-state index in [1.54, 1.807) is 0 Å². The van der Waals surface area contributed by atoms with Crippen LogP contribution in [0.15, 0.2) is 47.5 Å². The number of rotatable bonds is 6. The molecule has 0 amide bonds. The number of aryl methyl sites for hydroxylation is 1. The molecule has 0 aliphatic carbocycles. The number of sulfonamides is 1. The van der Waals surface area contributed by atoms with Gasteiger partial charge in [-0.05, 0) is 31.0 Å². The van der Waals surface area contributed by atoms with Gasteiger partial charge < -0.3 is 5.43 Å². The van der Waals surface area contributed by atoms with Gasteiger partial charge in [-0.25, -0.2) is 24.0 Å². The first-order chi connectivity index (χ1) is 10.0. The maximum atomic E-state index is 12.1. The summed E-state index contributed by atoms with van der Waals surface area (Å²) in [5.41, 5.74) is 4.60. The number of nitrogens with two attached hydrogens (primary N) is 1. The van der Waals surface area contributed by atoms with Crippen molar-refractivity contribution in [3.8, 4) is 0 Å². The zero-order chi connectivity index (χ0) is 15.3. The molecule has 4 N–H and O–H groups in total. The lowest BCUT2D eigenvalue weighted by atomic mass is 10.1. The topological polar surface area (TPSA) is 97.1 Å². The Morgan fingerprint density at radius 2 is 2.05 bits per heavy atom. The van der Waals surface area contributed by atoms with Crippen LogP contribution in [0.1, 0.15) is 11.1 Å². The first-order valence-corrected chi connectivity index (χ1v) is 7.97. The first kappa shape index (κ1) is 15.4. The van der Waals surface area contributed by atoms with E-state index >= 15 is 0 Å². The van der Waals surface area contributed by atoms with E-state index in [0.29, 0.717) is 18.8 Å². The quantitative estimate of drug-likeness (QED) is 0.550. The van der Waals surface area contributed by atoms with E-state index in [-0.39, 0.29) is 4.90 Å². The van der Waals surface area contributed by atoms with Gasteiger partial charge in [0.1, 0.15) is 10.7 Å². The van der Waals surface area contributed by atoms with Gasteiger partial charge in [0.05, 0.1) is 0 Å². The van der Waals surface area contributed by atoms with E-state index in [9.17, 15) is 8.42 Å². The van der Waals surface area contributed by atoms with Crippen LogP contribution in [0.5, 0.6) is 0 Å². The van der Waals surface area contributed by atoms with Gasteiger partial charge in [0.15, 0.2) is 0 Å². The Morgan fingerprint density at radius 3 is 2.67 bits per heavy atom. The summed E-state index contributed by atoms with van der Waals surface area (Å²) in [6.45, 7) is 2.34. The summed E-state index contributed by atoms with van der Waals surface area (Å²) in [5.74, 6) is 5.60. The van der Waals surface area contributed by atoms with Crippen LogP contribution in [0.2, 0.25) is 0 Å². The number of aromatic nitrogens is 1. The predicted octanol–water partition coefficient (Wildman–Crippen LogP) is 1.20. The zero-order valence-corrected chi connectivity index (χ0v) is 12.5. The van der Waals surface area contributed by atoms with Crippen molar-refractivity contribution in [1.82, 2.24) is 9.71 Å². The molecule has 0 saturated heterocycles. The van der Waals surface area contributed by atoms with Gasteiger partial charge in [-0.1, -0.05) is 29.8 Å². The van der Waals surface area contributed by atoms with Gasteiger partial charge >= 0.3 is 0 Å².